The highest BCUT2D eigenvalue weighted by molar-refractivity contribution is 7.81. The predicted octanol–water partition coefficient (Wildman–Crippen LogP) is -0.557. The Balaban J connectivity index is 2.20. The predicted molar refractivity (Wildman–Crippen MR) is 58.6 cm³/mol. The molecule has 5 heteroatoms. The minimum atomic E-state index is 0.121. The third-order valence-corrected chi connectivity index (χ3v) is 2.76. The lowest BCUT2D eigenvalue weighted by Crippen LogP contribution is -2.49. The number of thiol groups is 1. The Morgan fingerprint density at radius 3 is 2.43 bits per heavy atom. The maximum absolute atomic E-state index is 11.3. The van der Waals surface area contributed by atoms with Crippen molar-refractivity contribution >= 4 is 18.5 Å². The summed E-state index contributed by atoms with van der Waals surface area (Å²) in [6.07, 6.45) is 0.820. The molecule has 0 aliphatic carbocycles. The Morgan fingerprint density at radius 1 is 1.29 bits per heavy atom. The molecule has 0 atom stereocenters. The summed E-state index contributed by atoms with van der Waals surface area (Å²) in [6, 6.07) is 0. The maximum atomic E-state index is 11.3. The summed E-state index contributed by atoms with van der Waals surface area (Å²) >= 11 is 3.97. The third-order valence-electron chi connectivity index (χ3n) is 2.49. The molecule has 1 heterocycles. The van der Waals surface area contributed by atoms with Gasteiger partial charge in [0.25, 0.3) is 0 Å². The number of aliphatic hydroxyl groups excluding tert-OH is 1. The number of rotatable bonds is 4. The van der Waals surface area contributed by atoms with E-state index >= 15 is 0 Å². The van der Waals surface area contributed by atoms with Gasteiger partial charge in [0.15, 0.2) is 0 Å². The first-order valence-electron chi connectivity index (χ1n) is 4.99. The summed E-state index contributed by atoms with van der Waals surface area (Å²) in [4.78, 5) is 15.4. The monoisotopic (exact) mass is 218 g/mol. The van der Waals surface area contributed by atoms with Crippen molar-refractivity contribution in [3.8, 4) is 0 Å². The van der Waals surface area contributed by atoms with Crippen molar-refractivity contribution in [1.29, 1.82) is 0 Å². The highest BCUT2D eigenvalue weighted by Crippen LogP contribution is 2.03. The van der Waals surface area contributed by atoms with E-state index in [0.29, 0.717) is 5.75 Å². The van der Waals surface area contributed by atoms with Crippen LogP contribution in [-0.4, -0.2) is 65.9 Å². The van der Waals surface area contributed by atoms with Crippen LogP contribution in [0.5, 0.6) is 0 Å². The number of amides is 1. The van der Waals surface area contributed by atoms with Gasteiger partial charge in [-0.05, 0) is 6.42 Å². The molecule has 1 saturated heterocycles. The fraction of sp³-hybridized carbons (Fsp3) is 0.889. The van der Waals surface area contributed by atoms with Gasteiger partial charge in [-0.1, -0.05) is 0 Å². The van der Waals surface area contributed by atoms with Gasteiger partial charge in [-0.25, -0.2) is 0 Å². The van der Waals surface area contributed by atoms with Crippen LogP contribution >= 0.6 is 12.6 Å². The molecule has 0 aromatic rings. The van der Waals surface area contributed by atoms with Crippen LogP contribution in [0.1, 0.15) is 6.42 Å². The second-order valence-electron chi connectivity index (χ2n) is 3.46. The quantitative estimate of drug-likeness (QED) is 0.622. The van der Waals surface area contributed by atoms with E-state index in [1.807, 2.05) is 4.90 Å². The number of hydrogen-bond acceptors (Lipinski definition) is 4. The Morgan fingerprint density at radius 2 is 1.93 bits per heavy atom. The van der Waals surface area contributed by atoms with Gasteiger partial charge < -0.3 is 10.0 Å². The lowest BCUT2D eigenvalue weighted by atomic mass is 10.3. The normalized spacial score (nSPS) is 18.6. The molecule has 0 radical (unpaired) electrons. The highest BCUT2D eigenvalue weighted by Gasteiger charge is 2.19. The topological polar surface area (TPSA) is 43.8 Å². The number of hydrogen-bond donors (Lipinski definition) is 2. The Hall–Kier alpha value is -0.260. The van der Waals surface area contributed by atoms with E-state index in [9.17, 15) is 4.79 Å². The van der Waals surface area contributed by atoms with E-state index in [1.165, 1.54) is 0 Å². The fourth-order valence-electron chi connectivity index (χ4n) is 1.62. The Labute approximate surface area is 90.3 Å². The molecule has 14 heavy (non-hydrogen) atoms. The Kier molecular flexibility index (Phi) is 5.29. The molecule has 1 N–H and O–H groups in total. The molecule has 0 aromatic carbocycles. The van der Waals surface area contributed by atoms with Crippen LogP contribution < -0.4 is 0 Å². The van der Waals surface area contributed by atoms with Gasteiger partial charge in [-0.3, -0.25) is 9.69 Å². The summed E-state index contributed by atoms with van der Waals surface area (Å²) in [6.45, 7) is 4.60. The minimum absolute atomic E-state index is 0.121. The molecule has 0 aromatic heterocycles. The zero-order valence-corrected chi connectivity index (χ0v) is 9.25. The van der Waals surface area contributed by atoms with Crippen LogP contribution in [-0.2, 0) is 4.79 Å². The fourth-order valence-corrected chi connectivity index (χ4v) is 1.82. The van der Waals surface area contributed by atoms with Gasteiger partial charge in [-0.2, -0.15) is 12.6 Å². The second kappa shape index (κ2) is 6.27. The van der Waals surface area contributed by atoms with Crippen LogP contribution in [0.3, 0.4) is 0 Å². The number of carbonyl (C=O) groups excluding carboxylic acids is 1. The summed E-state index contributed by atoms with van der Waals surface area (Å²) in [5.74, 6) is 0.423. The van der Waals surface area contributed by atoms with Crippen LogP contribution in [0.25, 0.3) is 0 Å². The molecule has 0 unspecified atom stereocenters. The third kappa shape index (κ3) is 3.48. The molecule has 1 rings (SSSR count). The zero-order chi connectivity index (χ0) is 10.4. The molecule has 1 aliphatic rings. The lowest BCUT2D eigenvalue weighted by molar-refractivity contribution is -0.130. The molecule has 0 spiro atoms. The summed E-state index contributed by atoms with van der Waals surface area (Å²) in [7, 11) is 0. The van der Waals surface area contributed by atoms with Crippen LogP contribution in [0.2, 0.25) is 0 Å². The zero-order valence-electron chi connectivity index (χ0n) is 8.35. The number of piperazine rings is 1. The molecular weight excluding hydrogens is 200 g/mol. The van der Waals surface area contributed by atoms with Crippen molar-refractivity contribution in [2.45, 2.75) is 6.42 Å². The first-order chi connectivity index (χ1) is 6.77. The molecule has 1 amide bonds. The van der Waals surface area contributed by atoms with Crippen molar-refractivity contribution in [2.24, 2.45) is 0 Å². The van der Waals surface area contributed by atoms with Crippen LogP contribution in [0, 0.1) is 0 Å². The lowest BCUT2D eigenvalue weighted by Gasteiger charge is -2.34. The van der Waals surface area contributed by atoms with E-state index in [-0.39, 0.29) is 12.5 Å². The van der Waals surface area contributed by atoms with E-state index in [0.717, 1.165) is 39.1 Å². The largest absolute Gasteiger partial charge is 0.396 e. The average Bonchev–Trinajstić information content (AvgIpc) is 2.26. The second-order valence-corrected chi connectivity index (χ2v) is 3.77. The van der Waals surface area contributed by atoms with Crippen LogP contribution in [0.4, 0.5) is 0 Å². The average molecular weight is 218 g/mol. The van der Waals surface area contributed by atoms with Crippen LogP contribution in [0.15, 0.2) is 0 Å². The number of carbonyl (C=O) groups is 1. The minimum Gasteiger partial charge on any atom is -0.396 e. The van der Waals surface area contributed by atoms with E-state index in [1.54, 1.807) is 0 Å². The molecule has 82 valence electrons. The van der Waals surface area contributed by atoms with E-state index in [2.05, 4.69) is 17.5 Å². The molecular formula is C9H18N2O2S. The standard InChI is InChI=1S/C9H18N2O2S/c12-7-1-2-10-3-5-11(6-4-10)9(13)8-14/h12,14H,1-8H2. The maximum Gasteiger partial charge on any atom is 0.232 e. The smallest absolute Gasteiger partial charge is 0.232 e. The SMILES string of the molecule is O=C(CS)N1CCN(CCCO)CC1. The Bertz CT molecular complexity index is 182. The van der Waals surface area contributed by atoms with Gasteiger partial charge in [0, 0.05) is 39.3 Å². The van der Waals surface area contributed by atoms with Gasteiger partial charge in [0.1, 0.15) is 0 Å². The van der Waals surface area contributed by atoms with Crippen molar-refractivity contribution in [2.75, 3.05) is 45.1 Å². The highest BCUT2D eigenvalue weighted by atomic mass is 32.1. The van der Waals surface area contributed by atoms with Crippen molar-refractivity contribution in [3.63, 3.8) is 0 Å². The summed E-state index contributed by atoms with van der Waals surface area (Å²) in [5, 5.41) is 8.67. The number of nitrogens with zero attached hydrogens (tertiary/aromatic N) is 2. The van der Waals surface area contributed by atoms with E-state index < -0.39 is 0 Å². The summed E-state index contributed by atoms with van der Waals surface area (Å²) in [5.41, 5.74) is 0. The molecule has 0 bridgehead atoms. The first-order valence-corrected chi connectivity index (χ1v) is 5.63. The van der Waals surface area contributed by atoms with Gasteiger partial charge in [0.2, 0.25) is 5.91 Å². The van der Waals surface area contributed by atoms with Gasteiger partial charge in [0.05, 0.1) is 5.75 Å². The summed E-state index contributed by atoms with van der Waals surface area (Å²) < 4.78 is 0. The first kappa shape index (κ1) is 11.8. The van der Waals surface area contributed by atoms with Gasteiger partial charge >= 0.3 is 0 Å². The van der Waals surface area contributed by atoms with Crippen molar-refractivity contribution < 1.29 is 9.90 Å². The van der Waals surface area contributed by atoms with Crippen molar-refractivity contribution in [1.82, 2.24) is 9.80 Å². The molecule has 1 fully saturated rings. The van der Waals surface area contributed by atoms with E-state index in [4.69, 9.17) is 5.11 Å². The van der Waals surface area contributed by atoms with Gasteiger partial charge in [-0.15, -0.1) is 0 Å². The van der Waals surface area contributed by atoms with Crippen molar-refractivity contribution in [3.05, 3.63) is 0 Å². The molecule has 0 saturated carbocycles. The molecule has 1 aliphatic heterocycles. The molecule has 4 nitrogen and oxygen atoms in total. The number of aliphatic hydroxyl groups is 1.